The van der Waals surface area contributed by atoms with Gasteiger partial charge in [-0.3, -0.25) is 0 Å². The number of hydrogen-bond donors (Lipinski definition) is 1. The van der Waals surface area contributed by atoms with Crippen LogP contribution >= 0.6 is 0 Å². The lowest BCUT2D eigenvalue weighted by molar-refractivity contribution is -0.0531. The normalized spacial score (nSPS) is 26.3. The van der Waals surface area contributed by atoms with Crippen molar-refractivity contribution in [1.82, 2.24) is 10.3 Å². The van der Waals surface area contributed by atoms with Crippen LogP contribution in [0.15, 0.2) is 12.1 Å². The summed E-state index contributed by atoms with van der Waals surface area (Å²) in [6.07, 6.45) is 2.07. The van der Waals surface area contributed by atoms with Crippen LogP contribution in [0.2, 0.25) is 0 Å². The molecule has 0 aromatic carbocycles. The molecule has 6 heteroatoms. The number of piperidine rings is 1. The Morgan fingerprint density at radius 3 is 3.18 bits per heavy atom. The molecule has 1 fully saturated rings. The lowest BCUT2D eigenvalue weighted by Crippen LogP contribution is -2.36. The van der Waals surface area contributed by atoms with Crippen LogP contribution in [0.1, 0.15) is 24.4 Å². The van der Waals surface area contributed by atoms with E-state index >= 15 is 0 Å². The first-order chi connectivity index (χ1) is 8.24. The van der Waals surface area contributed by atoms with Crippen LogP contribution in [0.3, 0.4) is 0 Å². The van der Waals surface area contributed by atoms with E-state index in [0.29, 0.717) is 5.88 Å². The van der Waals surface area contributed by atoms with Crippen LogP contribution in [-0.2, 0) is 0 Å². The summed E-state index contributed by atoms with van der Waals surface area (Å²) in [4.78, 5) is 3.95. The molecule has 0 aliphatic carbocycles. The number of nitrogens with zero attached hydrogens (tertiary/aromatic N) is 1. The third kappa shape index (κ3) is 1.93. The fraction of sp³-hybridized carbons (Fsp3) is 0.545. The summed E-state index contributed by atoms with van der Waals surface area (Å²) < 4.78 is 34.0. The molecule has 2 aliphatic heterocycles. The minimum atomic E-state index is -2.86. The second-order valence-corrected chi connectivity index (χ2v) is 4.15. The Bertz CT molecular complexity index is 428. The van der Waals surface area contributed by atoms with Gasteiger partial charge in [0, 0.05) is 11.6 Å². The molecule has 2 aliphatic rings. The molecule has 0 amide bonds. The highest BCUT2D eigenvalue weighted by atomic mass is 19.3. The zero-order valence-electron chi connectivity index (χ0n) is 9.03. The molecule has 0 radical (unpaired) electrons. The third-order valence-electron chi connectivity index (χ3n) is 3.07. The van der Waals surface area contributed by atoms with Crippen molar-refractivity contribution >= 4 is 0 Å². The zero-order valence-corrected chi connectivity index (χ0v) is 9.03. The Hall–Kier alpha value is -1.43. The van der Waals surface area contributed by atoms with E-state index < -0.39 is 6.61 Å². The van der Waals surface area contributed by atoms with Gasteiger partial charge in [-0.05, 0) is 25.5 Å². The fourth-order valence-electron chi connectivity index (χ4n) is 2.36. The standard InChI is InChI=1S/C11H12F2N2O2/c12-11(13)17-8-4-3-6-9-7(2-1-5-14-9)16-10(6)15-8/h3-4,7,9,11,14H,1-2,5H2/t7-,9-/m0/s1. The summed E-state index contributed by atoms with van der Waals surface area (Å²) in [5, 5.41) is 3.34. The predicted octanol–water partition coefficient (Wildman–Crippen LogP) is 1.87. The summed E-state index contributed by atoms with van der Waals surface area (Å²) in [6, 6.07) is 3.32. The van der Waals surface area contributed by atoms with E-state index in [1.807, 2.05) is 0 Å². The van der Waals surface area contributed by atoms with E-state index in [0.717, 1.165) is 24.9 Å². The van der Waals surface area contributed by atoms with Crippen molar-refractivity contribution in [3.63, 3.8) is 0 Å². The Morgan fingerprint density at radius 1 is 1.47 bits per heavy atom. The molecular formula is C11H12F2N2O2. The average Bonchev–Trinajstić information content (AvgIpc) is 2.65. The molecule has 1 N–H and O–H groups in total. The molecule has 92 valence electrons. The summed E-state index contributed by atoms with van der Waals surface area (Å²) in [5.41, 5.74) is 0.927. The molecule has 3 heterocycles. The molecular weight excluding hydrogens is 230 g/mol. The Labute approximate surface area is 96.9 Å². The first-order valence-electron chi connectivity index (χ1n) is 5.60. The maximum atomic E-state index is 12.1. The van der Waals surface area contributed by atoms with Gasteiger partial charge in [-0.15, -0.1) is 0 Å². The highest BCUT2D eigenvalue weighted by Gasteiger charge is 2.37. The van der Waals surface area contributed by atoms with Crippen molar-refractivity contribution in [1.29, 1.82) is 0 Å². The van der Waals surface area contributed by atoms with E-state index in [4.69, 9.17) is 4.74 Å². The molecule has 0 spiro atoms. The van der Waals surface area contributed by atoms with Crippen LogP contribution in [0.5, 0.6) is 11.8 Å². The number of ether oxygens (including phenoxy) is 2. The summed E-state index contributed by atoms with van der Waals surface area (Å²) in [7, 11) is 0. The topological polar surface area (TPSA) is 43.4 Å². The summed E-state index contributed by atoms with van der Waals surface area (Å²) >= 11 is 0. The maximum Gasteiger partial charge on any atom is 0.388 e. The molecule has 4 nitrogen and oxygen atoms in total. The molecule has 2 atom stereocenters. The van der Waals surface area contributed by atoms with Crippen molar-refractivity contribution < 1.29 is 18.3 Å². The Balaban J connectivity index is 1.86. The van der Waals surface area contributed by atoms with Gasteiger partial charge >= 0.3 is 6.61 Å². The van der Waals surface area contributed by atoms with Crippen molar-refractivity contribution in [2.45, 2.75) is 31.6 Å². The number of fused-ring (bicyclic) bond motifs is 3. The molecule has 0 bridgehead atoms. The Kier molecular flexibility index (Phi) is 2.58. The quantitative estimate of drug-likeness (QED) is 0.859. The minimum absolute atomic E-state index is 0.0630. The van der Waals surface area contributed by atoms with Gasteiger partial charge in [0.25, 0.3) is 0 Å². The number of rotatable bonds is 2. The summed E-state index contributed by atoms with van der Waals surface area (Å²) in [5.74, 6) is 0.310. The molecule has 0 unspecified atom stereocenters. The number of hydrogen-bond acceptors (Lipinski definition) is 4. The zero-order chi connectivity index (χ0) is 11.8. The minimum Gasteiger partial charge on any atom is -0.472 e. The maximum absolute atomic E-state index is 12.1. The van der Waals surface area contributed by atoms with Gasteiger partial charge < -0.3 is 14.8 Å². The first kappa shape index (κ1) is 10.7. The summed E-state index contributed by atoms with van der Waals surface area (Å²) in [6.45, 7) is -1.92. The second kappa shape index (κ2) is 4.10. The number of alkyl halides is 2. The van der Waals surface area contributed by atoms with Crippen LogP contribution in [0, 0.1) is 0 Å². The van der Waals surface area contributed by atoms with Crippen molar-refractivity contribution in [3.8, 4) is 11.8 Å². The number of pyridine rings is 1. The smallest absolute Gasteiger partial charge is 0.388 e. The lowest BCUT2D eigenvalue weighted by Gasteiger charge is -2.24. The molecule has 1 saturated heterocycles. The van der Waals surface area contributed by atoms with Crippen LogP contribution < -0.4 is 14.8 Å². The number of halogens is 2. The lowest BCUT2D eigenvalue weighted by atomic mass is 9.98. The van der Waals surface area contributed by atoms with Gasteiger partial charge in [0.15, 0.2) is 0 Å². The van der Waals surface area contributed by atoms with Crippen molar-refractivity contribution in [2.24, 2.45) is 0 Å². The van der Waals surface area contributed by atoms with Gasteiger partial charge in [-0.1, -0.05) is 0 Å². The molecule has 1 aromatic heterocycles. The highest BCUT2D eigenvalue weighted by Crippen LogP contribution is 2.39. The Morgan fingerprint density at radius 2 is 2.35 bits per heavy atom. The second-order valence-electron chi connectivity index (χ2n) is 4.15. The van der Waals surface area contributed by atoms with Crippen LogP contribution in [-0.4, -0.2) is 24.2 Å². The van der Waals surface area contributed by atoms with Crippen molar-refractivity contribution in [2.75, 3.05) is 6.54 Å². The largest absolute Gasteiger partial charge is 0.472 e. The van der Waals surface area contributed by atoms with Gasteiger partial charge in [0.2, 0.25) is 11.8 Å². The molecule has 1 aromatic rings. The van der Waals surface area contributed by atoms with Gasteiger partial charge in [-0.25, -0.2) is 0 Å². The van der Waals surface area contributed by atoms with E-state index in [9.17, 15) is 8.78 Å². The third-order valence-corrected chi connectivity index (χ3v) is 3.07. The van der Waals surface area contributed by atoms with E-state index in [2.05, 4.69) is 15.0 Å². The van der Waals surface area contributed by atoms with Crippen molar-refractivity contribution in [3.05, 3.63) is 17.7 Å². The van der Waals surface area contributed by atoms with Gasteiger partial charge in [0.1, 0.15) is 6.10 Å². The highest BCUT2D eigenvalue weighted by molar-refractivity contribution is 5.38. The van der Waals surface area contributed by atoms with Gasteiger partial charge in [-0.2, -0.15) is 13.8 Å². The number of aromatic nitrogens is 1. The molecule has 3 rings (SSSR count). The number of nitrogens with one attached hydrogen (secondary N) is 1. The van der Waals surface area contributed by atoms with E-state index in [1.54, 1.807) is 6.07 Å². The van der Waals surface area contributed by atoms with Gasteiger partial charge in [0.05, 0.1) is 6.04 Å². The molecule has 17 heavy (non-hydrogen) atoms. The van der Waals surface area contributed by atoms with Crippen LogP contribution in [0.4, 0.5) is 8.78 Å². The fourth-order valence-corrected chi connectivity index (χ4v) is 2.36. The first-order valence-corrected chi connectivity index (χ1v) is 5.60. The van der Waals surface area contributed by atoms with Crippen LogP contribution in [0.25, 0.3) is 0 Å². The van der Waals surface area contributed by atoms with E-state index in [-0.39, 0.29) is 18.0 Å². The average molecular weight is 242 g/mol. The predicted molar refractivity (Wildman–Crippen MR) is 55.3 cm³/mol. The van der Waals surface area contributed by atoms with E-state index in [1.165, 1.54) is 6.07 Å². The SMILES string of the molecule is FC(F)Oc1ccc2c(n1)O[C@H]1CCCN[C@@H]21. The molecule has 0 saturated carbocycles. The monoisotopic (exact) mass is 242 g/mol.